The number of methoxy groups -OCH3 is 1. The smallest absolute Gasteiger partial charge is 0.268 e. The summed E-state index contributed by atoms with van der Waals surface area (Å²) in [5.74, 6) is 1.63. The maximum atomic E-state index is 13.6. The van der Waals surface area contributed by atoms with Crippen LogP contribution < -0.4 is 10.3 Å². The molecule has 0 saturated carbocycles. The molecule has 1 aromatic carbocycles. The highest BCUT2D eigenvalue weighted by Gasteiger charge is 2.29. The Kier molecular flexibility index (Phi) is 3.99. The molecule has 7 nitrogen and oxygen atoms in total. The van der Waals surface area contributed by atoms with E-state index in [1.165, 1.54) is 0 Å². The third-order valence-corrected chi connectivity index (χ3v) is 6.55. The summed E-state index contributed by atoms with van der Waals surface area (Å²) >= 11 is 1.60. The molecule has 1 aliphatic rings. The number of benzene rings is 1. The van der Waals surface area contributed by atoms with Crippen molar-refractivity contribution in [1.82, 2.24) is 19.2 Å². The Morgan fingerprint density at radius 1 is 1.29 bits per heavy atom. The highest BCUT2D eigenvalue weighted by molar-refractivity contribution is 7.18. The van der Waals surface area contributed by atoms with Gasteiger partial charge in [-0.2, -0.15) is 0 Å². The number of thiophene rings is 1. The predicted molar refractivity (Wildman–Crippen MR) is 108 cm³/mol. The standard InChI is InChI=1S/C20H20N4O3S/c1-11(2)15-8-14-16(9-27-15)28-19-17(14)18(25)24(20-22-21-10-23(19)20)12-4-6-13(26-3)7-5-12/h4-7,10-11,15H,8-9H2,1-3H3/t15-/m0/s1. The first-order valence-corrected chi connectivity index (χ1v) is 10.0. The van der Waals surface area contributed by atoms with Crippen LogP contribution in [0.3, 0.4) is 0 Å². The van der Waals surface area contributed by atoms with E-state index in [1.807, 2.05) is 28.7 Å². The molecule has 0 saturated heterocycles. The highest BCUT2D eigenvalue weighted by Crippen LogP contribution is 2.36. The second-order valence-electron chi connectivity index (χ2n) is 7.32. The molecule has 8 heteroatoms. The van der Waals surface area contributed by atoms with Crippen LogP contribution in [-0.4, -0.2) is 32.4 Å². The van der Waals surface area contributed by atoms with Crippen molar-refractivity contribution in [3.8, 4) is 11.4 Å². The SMILES string of the molecule is COc1ccc(-n2c(=O)c3c4c(sc3n3cnnc23)CO[C@H](C(C)C)C4)cc1. The quantitative estimate of drug-likeness (QED) is 0.532. The fourth-order valence-corrected chi connectivity index (χ4v) is 4.99. The van der Waals surface area contributed by atoms with Crippen LogP contribution in [0.25, 0.3) is 21.7 Å². The molecular weight excluding hydrogens is 376 g/mol. The van der Waals surface area contributed by atoms with Crippen molar-refractivity contribution in [2.24, 2.45) is 5.92 Å². The monoisotopic (exact) mass is 396 g/mol. The van der Waals surface area contributed by atoms with Crippen LogP contribution in [0.1, 0.15) is 24.3 Å². The average molecular weight is 396 g/mol. The number of ether oxygens (including phenoxy) is 2. The molecule has 0 spiro atoms. The maximum absolute atomic E-state index is 13.6. The van der Waals surface area contributed by atoms with E-state index in [2.05, 4.69) is 24.0 Å². The van der Waals surface area contributed by atoms with E-state index in [0.29, 0.717) is 18.3 Å². The summed E-state index contributed by atoms with van der Waals surface area (Å²) in [6.07, 6.45) is 2.54. The summed E-state index contributed by atoms with van der Waals surface area (Å²) in [6.45, 7) is 4.85. The Bertz CT molecular complexity index is 1240. The molecule has 0 unspecified atom stereocenters. The van der Waals surface area contributed by atoms with Gasteiger partial charge in [0.05, 0.1) is 30.9 Å². The van der Waals surface area contributed by atoms with Crippen molar-refractivity contribution in [2.45, 2.75) is 33.0 Å². The lowest BCUT2D eigenvalue weighted by Crippen LogP contribution is -2.28. The molecule has 3 aromatic heterocycles. The van der Waals surface area contributed by atoms with Gasteiger partial charge in [0.2, 0.25) is 5.78 Å². The van der Waals surface area contributed by atoms with Crippen molar-refractivity contribution in [1.29, 1.82) is 0 Å². The first-order valence-electron chi connectivity index (χ1n) is 9.23. The number of fused-ring (bicyclic) bond motifs is 5. The fraction of sp³-hybridized carbons (Fsp3) is 0.350. The van der Waals surface area contributed by atoms with Crippen LogP contribution in [-0.2, 0) is 17.8 Å². The summed E-state index contributed by atoms with van der Waals surface area (Å²) in [5, 5.41) is 9.03. The van der Waals surface area contributed by atoms with E-state index in [4.69, 9.17) is 9.47 Å². The molecule has 5 rings (SSSR count). The lowest BCUT2D eigenvalue weighted by Gasteiger charge is -2.26. The molecule has 1 aliphatic heterocycles. The zero-order chi connectivity index (χ0) is 19.4. The third-order valence-electron chi connectivity index (χ3n) is 5.35. The molecular formula is C20H20N4O3S. The van der Waals surface area contributed by atoms with Crippen molar-refractivity contribution < 1.29 is 9.47 Å². The van der Waals surface area contributed by atoms with Crippen LogP contribution in [0.2, 0.25) is 0 Å². The van der Waals surface area contributed by atoms with Gasteiger partial charge in [-0.3, -0.25) is 9.20 Å². The first-order chi connectivity index (χ1) is 13.6. The van der Waals surface area contributed by atoms with Gasteiger partial charge in [0.15, 0.2) is 0 Å². The van der Waals surface area contributed by atoms with E-state index in [0.717, 1.165) is 38.5 Å². The van der Waals surface area contributed by atoms with E-state index in [1.54, 1.807) is 29.3 Å². The molecule has 0 fully saturated rings. The van der Waals surface area contributed by atoms with Crippen LogP contribution in [0.15, 0.2) is 35.4 Å². The van der Waals surface area contributed by atoms with Gasteiger partial charge >= 0.3 is 0 Å². The first kappa shape index (κ1) is 17.4. The summed E-state index contributed by atoms with van der Waals surface area (Å²) in [4.78, 5) is 15.6. The minimum atomic E-state index is -0.0671. The largest absolute Gasteiger partial charge is 0.497 e. The van der Waals surface area contributed by atoms with E-state index >= 15 is 0 Å². The van der Waals surface area contributed by atoms with Crippen molar-refractivity contribution in [2.75, 3.05) is 7.11 Å². The Balaban J connectivity index is 1.81. The average Bonchev–Trinajstić information content (AvgIpc) is 3.32. The van der Waals surface area contributed by atoms with Crippen LogP contribution in [0.5, 0.6) is 5.75 Å². The van der Waals surface area contributed by atoms with Crippen LogP contribution in [0.4, 0.5) is 0 Å². The van der Waals surface area contributed by atoms with Crippen LogP contribution >= 0.6 is 11.3 Å². The Morgan fingerprint density at radius 2 is 2.07 bits per heavy atom. The van der Waals surface area contributed by atoms with Gasteiger partial charge in [0.25, 0.3) is 5.56 Å². The Morgan fingerprint density at radius 3 is 2.79 bits per heavy atom. The topological polar surface area (TPSA) is 70.7 Å². The lowest BCUT2D eigenvalue weighted by molar-refractivity contribution is 0.00200. The van der Waals surface area contributed by atoms with Crippen molar-refractivity contribution in [3.63, 3.8) is 0 Å². The molecule has 0 amide bonds. The molecule has 0 aliphatic carbocycles. The molecule has 0 N–H and O–H groups in total. The second kappa shape index (κ2) is 6.42. The lowest BCUT2D eigenvalue weighted by atomic mass is 9.96. The zero-order valence-electron chi connectivity index (χ0n) is 15.9. The van der Waals surface area contributed by atoms with Gasteiger partial charge in [-0.15, -0.1) is 21.5 Å². The summed E-state index contributed by atoms with van der Waals surface area (Å²) < 4.78 is 14.8. The summed E-state index contributed by atoms with van der Waals surface area (Å²) in [7, 11) is 1.62. The van der Waals surface area contributed by atoms with Crippen molar-refractivity contribution >= 4 is 27.3 Å². The number of hydrogen-bond acceptors (Lipinski definition) is 6. The predicted octanol–water partition coefficient (Wildman–Crippen LogP) is 3.20. The summed E-state index contributed by atoms with van der Waals surface area (Å²) in [5.41, 5.74) is 1.77. The van der Waals surface area contributed by atoms with Gasteiger partial charge in [-0.05, 0) is 35.7 Å². The molecule has 0 radical (unpaired) electrons. The second-order valence-corrected chi connectivity index (χ2v) is 8.40. The Hall–Kier alpha value is -2.71. The number of aromatic nitrogens is 4. The van der Waals surface area contributed by atoms with E-state index in [-0.39, 0.29) is 11.7 Å². The van der Waals surface area contributed by atoms with Gasteiger partial charge in [-0.1, -0.05) is 13.8 Å². The molecule has 144 valence electrons. The fourth-order valence-electron chi connectivity index (χ4n) is 3.78. The minimum absolute atomic E-state index is 0.0671. The number of hydrogen-bond donors (Lipinski definition) is 0. The van der Waals surface area contributed by atoms with Gasteiger partial charge in [0.1, 0.15) is 16.9 Å². The molecule has 28 heavy (non-hydrogen) atoms. The third kappa shape index (κ3) is 2.48. The van der Waals surface area contributed by atoms with Gasteiger partial charge < -0.3 is 9.47 Å². The van der Waals surface area contributed by atoms with Crippen molar-refractivity contribution in [3.05, 3.63) is 51.4 Å². The Labute approximate surface area is 165 Å². The van der Waals surface area contributed by atoms with Gasteiger partial charge in [0, 0.05) is 11.3 Å². The van der Waals surface area contributed by atoms with E-state index < -0.39 is 0 Å². The molecule has 4 heterocycles. The normalized spacial score (nSPS) is 16.8. The minimum Gasteiger partial charge on any atom is -0.497 e. The zero-order valence-corrected chi connectivity index (χ0v) is 16.7. The number of rotatable bonds is 3. The maximum Gasteiger partial charge on any atom is 0.268 e. The number of nitrogens with zero attached hydrogens (tertiary/aromatic N) is 4. The molecule has 4 aromatic rings. The molecule has 1 atom stereocenters. The van der Waals surface area contributed by atoms with Gasteiger partial charge in [-0.25, -0.2) is 4.57 Å². The summed E-state index contributed by atoms with van der Waals surface area (Å²) in [6, 6.07) is 7.40. The highest BCUT2D eigenvalue weighted by atomic mass is 32.1. The van der Waals surface area contributed by atoms with Crippen LogP contribution in [0, 0.1) is 5.92 Å². The molecule has 0 bridgehead atoms. The van der Waals surface area contributed by atoms with E-state index in [9.17, 15) is 4.79 Å².